The maximum atomic E-state index is 10.6. The quantitative estimate of drug-likeness (QED) is 0.812. The Kier molecular flexibility index (Phi) is 3.94. The molecule has 92 valence electrons. The molecule has 1 aromatic heterocycles. The highest BCUT2D eigenvalue weighted by Crippen LogP contribution is 2.32. The van der Waals surface area contributed by atoms with Crippen LogP contribution in [0.25, 0.3) is 0 Å². The minimum atomic E-state index is 0.470. The van der Waals surface area contributed by atoms with Gasteiger partial charge in [-0.1, -0.05) is 0 Å². The Hall–Kier alpha value is -1.88. The van der Waals surface area contributed by atoms with E-state index in [9.17, 15) is 4.79 Å². The van der Waals surface area contributed by atoms with E-state index in [2.05, 4.69) is 20.9 Å². The highest BCUT2D eigenvalue weighted by atomic mass is 79.9. The zero-order valence-electron chi connectivity index (χ0n) is 9.59. The van der Waals surface area contributed by atoms with Crippen LogP contribution in [0.5, 0.6) is 17.2 Å². The second-order valence-electron chi connectivity index (χ2n) is 3.47. The average Bonchev–Trinajstić information content (AvgIpc) is 2.41. The third kappa shape index (κ3) is 2.87. The number of carbonyl (C=O) groups excluding carboxylic acids is 1. The van der Waals surface area contributed by atoms with Crippen molar-refractivity contribution in [1.82, 2.24) is 4.98 Å². The topological polar surface area (TPSA) is 48.4 Å². The molecule has 2 aromatic rings. The van der Waals surface area contributed by atoms with Crippen molar-refractivity contribution in [2.24, 2.45) is 0 Å². The highest BCUT2D eigenvalue weighted by Gasteiger charge is 2.05. The van der Waals surface area contributed by atoms with E-state index >= 15 is 0 Å². The fourth-order valence-electron chi connectivity index (χ4n) is 1.37. The number of hydrogen-bond donors (Lipinski definition) is 0. The Bertz CT molecular complexity index is 572. The third-order valence-corrected chi connectivity index (χ3v) is 2.86. The summed E-state index contributed by atoms with van der Waals surface area (Å²) in [6, 6.07) is 6.98. The number of methoxy groups -OCH3 is 1. The van der Waals surface area contributed by atoms with Gasteiger partial charge in [0.15, 0.2) is 6.29 Å². The largest absolute Gasteiger partial charge is 0.497 e. The first-order valence-corrected chi connectivity index (χ1v) is 5.94. The summed E-state index contributed by atoms with van der Waals surface area (Å²) in [6.45, 7) is 0. The van der Waals surface area contributed by atoms with Crippen molar-refractivity contribution in [2.45, 2.75) is 0 Å². The van der Waals surface area contributed by atoms with E-state index in [1.165, 1.54) is 6.20 Å². The van der Waals surface area contributed by atoms with Crippen molar-refractivity contribution < 1.29 is 14.3 Å². The van der Waals surface area contributed by atoms with Crippen LogP contribution in [0.15, 0.2) is 41.1 Å². The minimum Gasteiger partial charge on any atom is -0.497 e. The lowest BCUT2D eigenvalue weighted by Crippen LogP contribution is -1.90. The van der Waals surface area contributed by atoms with Crippen LogP contribution in [-0.4, -0.2) is 18.4 Å². The fourth-order valence-corrected chi connectivity index (χ4v) is 1.81. The Balaban J connectivity index is 2.25. The van der Waals surface area contributed by atoms with Crippen molar-refractivity contribution in [1.29, 1.82) is 0 Å². The lowest BCUT2D eigenvalue weighted by atomic mass is 10.3. The van der Waals surface area contributed by atoms with Crippen LogP contribution in [0, 0.1) is 0 Å². The van der Waals surface area contributed by atoms with E-state index in [4.69, 9.17) is 9.47 Å². The molecule has 1 aromatic carbocycles. The van der Waals surface area contributed by atoms with Crippen molar-refractivity contribution in [3.63, 3.8) is 0 Å². The SMILES string of the molecule is COc1ccc(Oc2cncc(C=O)c2)c(Br)c1. The second-order valence-corrected chi connectivity index (χ2v) is 4.32. The lowest BCUT2D eigenvalue weighted by Gasteiger charge is -2.08. The van der Waals surface area contributed by atoms with Crippen molar-refractivity contribution >= 4 is 22.2 Å². The van der Waals surface area contributed by atoms with E-state index in [0.29, 0.717) is 17.1 Å². The Labute approximate surface area is 113 Å². The number of aldehydes is 1. The number of aromatic nitrogens is 1. The molecule has 18 heavy (non-hydrogen) atoms. The first kappa shape index (κ1) is 12.6. The summed E-state index contributed by atoms with van der Waals surface area (Å²) < 4.78 is 11.5. The monoisotopic (exact) mass is 307 g/mol. The van der Waals surface area contributed by atoms with Gasteiger partial charge >= 0.3 is 0 Å². The molecule has 5 heteroatoms. The molecular weight excluding hydrogens is 298 g/mol. The van der Waals surface area contributed by atoms with Gasteiger partial charge < -0.3 is 9.47 Å². The van der Waals surface area contributed by atoms with Gasteiger partial charge in [0, 0.05) is 11.8 Å². The molecule has 4 nitrogen and oxygen atoms in total. The molecule has 0 saturated carbocycles. The summed E-state index contributed by atoms with van der Waals surface area (Å²) in [5, 5.41) is 0. The molecule has 0 amide bonds. The summed E-state index contributed by atoms with van der Waals surface area (Å²) in [7, 11) is 1.60. The molecule has 0 fully saturated rings. The molecule has 0 aliphatic heterocycles. The first-order chi connectivity index (χ1) is 8.72. The van der Waals surface area contributed by atoms with E-state index in [1.807, 2.05) is 0 Å². The summed E-state index contributed by atoms with van der Waals surface area (Å²) in [4.78, 5) is 14.6. The molecule has 0 unspecified atom stereocenters. The van der Waals surface area contributed by atoms with Crippen LogP contribution < -0.4 is 9.47 Å². The van der Waals surface area contributed by atoms with Gasteiger partial charge in [0.2, 0.25) is 0 Å². The zero-order valence-corrected chi connectivity index (χ0v) is 11.2. The van der Waals surface area contributed by atoms with Crippen LogP contribution in [0.4, 0.5) is 0 Å². The number of rotatable bonds is 4. The van der Waals surface area contributed by atoms with Crippen LogP contribution in [0.2, 0.25) is 0 Å². The smallest absolute Gasteiger partial charge is 0.151 e. The lowest BCUT2D eigenvalue weighted by molar-refractivity contribution is 0.112. The molecule has 0 atom stereocenters. The van der Waals surface area contributed by atoms with Crippen LogP contribution >= 0.6 is 15.9 Å². The Morgan fingerprint density at radius 2 is 2.06 bits per heavy atom. The molecule has 0 saturated heterocycles. The maximum Gasteiger partial charge on any atom is 0.151 e. The molecule has 0 aliphatic carbocycles. The highest BCUT2D eigenvalue weighted by molar-refractivity contribution is 9.10. The second kappa shape index (κ2) is 5.64. The zero-order chi connectivity index (χ0) is 13.0. The maximum absolute atomic E-state index is 10.6. The van der Waals surface area contributed by atoms with Gasteiger partial charge in [-0.2, -0.15) is 0 Å². The van der Waals surface area contributed by atoms with Crippen molar-refractivity contribution in [2.75, 3.05) is 7.11 Å². The summed E-state index contributed by atoms with van der Waals surface area (Å²) >= 11 is 3.39. The van der Waals surface area contributed by atoms with Crippen molar-refractivity contribution in [3.05, 3.63) is 46.7 Å². The molecule has 0 radical (unpaired) electrons. The van der Waals surface area contributed by atoms with Crippen molar-refractivity contribution in [3.8, 4) is 17.2 Å². The number of halogens is 1. The van der Waals surface area contributed by atoms with E-state index in [1.54, 1.807) is 37.6 Å². The first-order valence-electron chi connectivity index (χ1n) is 5.14. The summed E-state index contributed by atoms with van der Waals surface area (Å²) in [5.41, 5.74) is 0.470. The van der Waals surface area contributed by atoms with E-state index < -0.39 is 0 Å². The van der Waals surface area contributed by atoms with Crippen LogP contribution in [-0.2, 0) is 0 Å². The summed E-state index contributed by atoms with van der Waals surface area (Å²) in [6.07, 6.45) is 3.75. The van der Waals surface area contributed by atoms with Gasteiger partial charge in [0.25, 0.3) is 0 Å². The van der Waals surface area contributed by atoms with Crippen LogP contribution in [0.3, 0.4) is 0 Å². The number of hydrogen-bond acceptors (Lipinski definition) is 4. The number of nitrogens with zero attached hydrogens (tertiary/aromatic N) is 1. The normalized spacial score (nSPS) is 9.89. The predicted molar refractivity (Wildman–Crippen MR) is 70.4 cm³/mol. The summed E-state index contributed by atoms with van der Waals surface area (Å²) in [5.74, 6) is 1.86. The van der Waals surface area contributed by atoms with E-state index in [-0.39, 0.29) is 0 Å². The molecular formula is C13H10BrNO3. The molecule has 2 rings (SSSR count). The number of pyridine rings is 1. The van der Waals surface area contributed by atoms with E-state index in [0.717, 1.165) is 16.5 Å². The minimum absolute atomic E-state index is 0.470. The van der Waals surface area contributed by atoms with Gasteiger partial charge in [-0.3, -0.25) is 9.78 Å². The van der Waals surface area contributed by atoms with Gasteiger partial charge in [-0.05, 0) is 40.2 Å². The molecule has 0 bridgehead atoms. The Morgan fingerprint density at radius 3 is 2.72 bits per heavy atom. The van der Waals surface area contributed by atoms with Crippen LogP contribution in [0.1, 0.15) is 10.4 Å². The number of benzene rings is 1. The number of carbonyl (C=O) groups is 1. The molecule has 0 aliphatic rings. The molecule has 0 spiro atoms. The van der Waals surface area contributed by atoms with Gasteiger partial charge in [0.1, 0.15) is 17.2 Å². The van der Waals surface area contributed by atoms with Gasteiger partial charge in [-0.15, -0.1) is 0 Å². The standard InChI is InChI=1S/C13H10BrNO3/c1-17-10-2-3-13(12(14)5-10)18-11-4-9(8-16)6-15-7-11/h2-8H,1H3. The third-order valence-electron chi connectivity index (χ3n) is 2.24. The predicted octanol–water partition coefficient (Wildman–Crippen LogP) is 3.46. The van der Waals surface area contributed by atoms with Gasteiger partial charge in [-0.25, -0.2) is 0 Å². The Morgan fingerprint density at radius 1 is 1.22 bits per heavy atom. The van der Waals surface area contributed by atoms with Gasteiger partial charge in [0.05, 0.1) is 17.8 Å². The molecule has 1 heterocycles. The average molecular weight is 308 g/mol. The molecule has 0 N–H and O–H groups in total. The number of ether oxygens (including phenoxy) is 2. The fraction of sp³-hybridized carbons (Fsp3) is 0.0769.